The molecule has 0 radical (unpaired) electrons. The zero-order valence-electron chi connectivity index (χ0n) is 11.9. The van der Waals surface area contributed by atoms with E-state index in [1.807, 2.05) is 18.2 Å². The van der Waals surface area contributed by atoms with E-state index >= 15 is 0 Å². The number of aromatic nitrogens is 2. The summed E-state index contributed by atoms with van der Waals surface area (Å²) < 4.78 is 11.2. The molecular weight excluding hydrogens is 266 g/mol. The molecular formula is C16H19N3O2. The van der Waals surface area contributed by atoms with Crippen LogP contribution in [0.4, 0.5) is 0 Å². The van der Waals surface area contributed by atoms with Crippen LogP contribution in [0.25, 0.3) is 0 Å². The number of hydrogen-bond donors (Lipinski definition) is 1. The third-order valence-electron chi connectivity index (χ3n) is 3.37. The molecule has 1 unspecified atom stereocenters. The van der Waals surface area contributed by atoms with Crippen LogP contribution in [0.2, 0.25) is 0 Å². The minimum absolute atomic E-state index is 0.363. The highest BCUT2D eigenvalue weighted by Gasteiger charge is 2.14. The predicted octanol–water partition coefficient (Wildman–Crippen LogP) is 2.54. The fourth-order valence-electron chi connectivity index (χ4n) is 2.35. The second-order valence-corrected chi connectivity index (χ2v) is 5.05. The summed E-state index contributed by atoms with van der Waals surface area (Å²) in [4.78, 5) is 8.11. The average molecular weight is 285 g/mol. The number of rotatable bonds is 6. The van der Waals surface area contributed by atoms with Gasteiger partial charge in [-0.15, -0.1) is 0 Å². The Bertz CT molecular complexity index is 556. The summed E-state index contributed by atoms with van der Waals surface area (Å²) in [5.41, 5.74) is 1.17. The number of ether oxygens (including phenoxy) is 2. The van der Waals surface area contributed by atoms with E-state index in [-0.39, 0.29) is 0 Å². The van der Waals surface area contributed by atoms with Gasteiger partial charge in [0.25, 0.3) is 0 Å². The maximum atomic E-state index is 5.62. The molecule has 110 valence electrons. The Balaban J connectivity index is 1.53. The Labute approximate surface area is 124 Å². The number of nitrogens with one attached hydrogen (secondary N) is 1. The zero-order valence-corrected chi connectivity index (χ0v) is 11.9. The molecule has 21 heavy (non-hydrogen) atoms. The van der Waals surface area contributed by atoms with Crippen molar-refractivity contribution in [3.8, 4) is 11.8 Å². The molecule has 1 aliphatic heterocycles. The van der Waals surface area contributed by atoms with Gasteiger partial charge in [-0.3, -0.25) is 0 Å². The number of benzene rings is 1. The predicted molar refractivity (Wildman–Crippen MR) is 79.2 cm³/mol. The third kappa shape index (κ3) is 4.24. The monoisotopic (exact) mass is 285 g/mol. The summed E-state index contributed by atoms with van der Waals surface area (Å²) in [6.45, 7) is 2.59. The van der Waals surface area contributed by atoms with E-state index in [1.165, 1.54) is 12.0 Å². The highest BCUT2D eigenvalue weighted by Crippen LogP contribution is 2.18. The molecule has 1 saturated heterocycles. The first-order valence-corrected chi connectivity index (χ1v) is 7.26. The van der Waals surface area contributed by atoms with Crippen molar-refractivity contribution < 1.29 is 9.47 Å². The van der Waals surface area contributed by atoms with E-state index in [4.69, 9.17) is 9.47 Å². The molecule has 1 fully saturated rings. The Kier molecular flexibility index (Phi) is 4.76. The highest BCUT2D eigenvalue weighted by molar-refractivity contribution is 5.30. The standard InChI is InChI=1S/C16H19N3O2/c1-4-13(11-17-12-15-6-2-9-20-15)10-14(5-1)21-16-18-7-3-8-19-16/h1,3-5,7-8,10,15,17H,2,6,9,11-12H2. The molecule has 0 aliphatic carbocycles. The van der Waals surface area contributed by atoms with Gasteiger partial charge in [0, 0.05) is 32.1 Å². The maximum absolute atomic E-state index is 5.62. The van der Waals surface area contributed by atoms with Gasteiger partial charge in [-0.05, 0) is 36.6 Å². The minimum Gasteiger partial charge on any atom is -0.424 e. The minimum atomic E-state index is 0.363. The van der Waals surface area contributed by atoms with Crippen LogP contribution in [-0.4, -0.2) is 29.2 Å². The molecule has 2 aromatic rings. The SMILES string of the molecule is c1cnc(Oc2cccc(CNCC3CCCO3)c2)nc1. The topological polar surface area (TPSA) is 56.3 Å². The Morgan fingerprint density at radius 3 is 2.95 bits per heavy atom. The largest absolute Gasteiger partial charge is 0.424 e. The van der Waals surface area contributed by atoms with Crippen LogP contribution in [0, 0.1) is 0 Å². The first-order chi connectivity index (χ1) is 10.4. The van der Waals surface area contributed by atoms with E-state index in [9.17, 15) is 0 Å². The van der Waals surface area contributed by atoms with Crippen molar-refractivity contribution in [2.75, 3.05) is 13.2 Å². The second kappa shape index (κ2) is 7.15. The van der Waals surface area contributed by atoms with Gasteiger partial charge in [-0.2, -0.15) is 0 Å². The Morgan fingerprint density at radius 1 is 1.24 bits per heavy atom. The van der Waals surface area contributed by atoms with Crippen molar-refractivity contribution in [1.29, 1.82) is 0 Å². The van der Waals surface area contributed by atoms with Crippen molar-refractivity contribution in [3.05, 3.63) is 48.3 Å². The van der Waals surface area contributed by atoms with Gasteiger partial charge < -0.3 is 14.8 Å². The number of hydrogen-bond acceptors (Lipinski definition) is 5. The fraction of sp³-hybridized carbons (Fsp3) is 0.375. The molecule has 0 bridgehead atoms. The van der Waals surface area contributed by atoms with Gasteiger partial charge in [-0.1, -0.05) is 12.1 Å². The molecule has 5 nitrogen and oxygen atoms in total. The van der Waals surface area contributed by atoms with Crippen LogP contribution in [0.5, 0.6) is 11.8 Å². The van der Waals surface area contributed by atoms with E-state index < -0.39 is 0 Å². The fourth-order valence-corrected chi connectivity index (χ4v) is 2.35. The molecule has 5 heteroatoms. The summed E-state index contributed by atoms with van der Waals surface area (Å²) in [5.74, 6) is 0.748. The normalized spacial score (nSPS) is 17.8. The first-order valence-electron chi connectivity index (χ1n) is 7.26. The van der Waals surface area contributed by atoms with Crippen molar-refractivity contribution in [2.45, 2.75) is 25.5 Å². The van der Waals surface area contributed by atoms with Crippen molar-refractivity contribution in [1.82, 2.24) is 15.3 Å². The van der Waals surface area contributed by atoms with Crippen LogP contribution in [-0.2, 0) is 11.3 Å². The van der Waals surface area contributed by atoms with E-state index in [1.54, 1.807) is 18.5 Å². The molecule has 0 spiro atoms. The Morgan fingerprint density at radius 2 is 2.14 bits per heavy atom. The van der Waals surface area contributed by atoms with Crippen molar-refractivity contribution in [2.24, 2.45) is 0 Å². The molecule has 2 heterocycles. The van der Waals surface area contributed by atoms with E-state index in [0.717, 1.165) is 31.9 Å². The molecule has 1 atom stereocenters. The molecule has 1 N–H and O–H groups in total. The quantitative estimate of drug-likeness (QED) is 0.884. The summed E-state index contributed by atoms with van der Waals surface area (Å²) in [6, 6.07) is 10.1. The smallest absolute Gasteiger partial charge is 0.321 e. The van der Waals surface area contributed by atoms with Crippen molar-refractivity contribution >= 4 is 0 Å². The number of nitrogens with zero attached hydrogens (tertiary/aromatic N) is 2. The average Bonchev–Trinajstić information content (AvgIpc) is 3.02. The maximum Gasteiger partial charge on any atom is 0.321 e. The van der Waals surface area contributed by atoms with Gasteiger partial charge >= 0.3 is 6.01 Å². The van der Waals surface area contributed by atoms with Gasteiger partial charge in [0.15, 0.2) is 0 Å². The summed E-state index contributed by atoms with van der Waals surface area (Å²) in [7, 11) is 0. The van der Waals surface area contributed by atoms with Crippen molar-refractivity contribution in [3.63, 3.8) is 0 Å². The molecule has 0 amide bonds. The second-order valence-electron chi connectivity index (χ2n) is 5.05. The first kappa shape index (κ1) is 14.0. The van der Waals surface area contributed by atoms with Crippen LogP contribution >= 0.6 is 0 Å². The Hall–Kier alpha value is -1.98. The van der Waals surface area contributed by atoms with Gasteiger partial charge in [-0.25, -0.2) is 9.97 Å². The lowest BCUT2D eigenvalue weighted by molar-refractivity contribution is 0.110. The van der Waals surface area contributed by atoms with E-state index in [2.05, 4.69) is 21.4 Å². The zero-order chi connectivity index (χ0) is 14.3. The van der Waals surface area contributed by atoms with E-state index in [0.29, 0.717) is 12.1 Å². The van der Waals surface area contributed by atoms with Crippen LogP contribution in [0.1, 0.15) is 18.4 Å². The molecule has 0 saturated carbocycles. The lowest BCUT2D eigenvalue weighted by Gasteiger charge is -2.11. The van der Waals surface area contributed by atoms with Crippen LogP contribution in [0.3, 0.4) is 0 Å². The third-order valence-corrected chi connectivity index (χ3v) is 3.37. The van der Waals surface area contributed by atoms with Gasteiger partial charge in [0.1, 0.15) is 5.75 Å². The summed E-state index contributed by atoms with van der Waals surface area (Å²) in [6.07, 6.45) is 6.01. The highest BCUT2D eigenvalue weighted by atomic mass is 16.5. The van der Waals surface area contributed by atoms with Gasteiger partial charge in [0.2, 0.25) is 0 Å². The molecule has 1 aromatic carbocycles. The van der Waals surface area contributed by atoms with Crippen LogP contribution < -0.4 is 10.1 Å². The lowest BCUT2D eigenvalue weighted by atomic mass is 10.2. The summed E-state index contributed by atoms with van der Waals surface area (Å²) >= 11 is 0. The van der Waals surface area contributed by atoms with Crippen LogP contribution in [0.15, 0.2) is 42.7 Å². The summed E-state index contributed by atoms with van der Waals surface area (Å²) in [5, 5.41) is 3.42. The molecule has 3 rings (SSSR count). The molecule has 1 aliphatic rings. The van der Waals surface area contributed by atoms with Gasteiger partial charge in [0.05, 0.1) is 6.10 Å². The lowest BCUT2D eigenvalue weighted by Crippen LogP contribution is -2.25. The molecule has 1 aromatic heterocycles.